The van der Waals surface area contributed by atoms with Gasteiger partial charge in [-0.15, -0.1) is 6.58 Å². The molecule has 0 aromatic heterocycles. The van der Waals surface area contributed by atoms with Crippen LogP contribution in [0.25, 0.3) is 0 Å². The topological polar surface area (TPSA) is 18.5 Å². The van der Waals surface area contributed by atoms with Crippen molar-refractivity contribution < 1.29 is 8.85 Å². The third kappa shape index (κ3) is 28.9. The van der Waals surface area contributed by atoms with Gasteiger partial charge in [-0.2, -0.15) is 0 Å². The van der Waals surface area contributed by atoms with Gasteiger partial charge in [-0.1, -0.05) is 181 Å². The predicted molar refractivity (Wildman–Crippen MR) is 174 cm³/mol. The van der Waals surface area contributed by atoms with Crippen LogP contribution in [0.3, 0.4) is 0 Å². The lowest BCUT2D eigenvalue weighted by Gasteiger charge is -2.23. The molecule has 3 heteroatoms. The molecule has 0 fully saturated rings. The fourth-order valence-corrected chi connectivity index (χ4v) is 6.72. The van der Waals surface area contributed by atoms with Crippen molar-refractivity contribution in [2.75, 3.05) is 13.2 Å². The molecule has 0 aromatic carbocycles. The monoisotopic (exact) mass is 553 g/mol. The first-order chi connectivity index (χ1) is 18.7. The molecule has 0 unspecified atom stereocenters. The molecule has 0 bridgehead atoms. The highest BCUT2D eigenvalue weighted by Gasteiger charge is 2.26. The summed E-state index contributed by atoms with van der Waals surface area (Å²) in [5.41, 5.74) is 1.97. The van der Waals surface area contributed by atoms with Gasteiger partial charge in [0.05, 0.1) is 0 Å². The SMILES string of the molecule is C=C[Si](C)(OCCCCCCCCCCCCCCCC)OCCCCCCCCCCCCCCCC. The molecular formula is C35H72O2Si. The van der Waals surface area contributed by atoms with Crippen molar-refractivity contribution in [2.24, 2.45) is 0 Å². The third-order valence-electron chi connectivity index (χ3n) is 8.14. The molecule has 0 spiro atoms. The Bertz CT molecular complexity index is 419. The van der Waals surface area contributed by atoms with E-state index in [0.29, 0.717) is 0 Å². The summed E-state index contributed by atoms with van der Waals surface area (Å²) in [6, 6.07) is 0. The standard InChI is InChI=1S/C35H72O2Si/c1-5-8-10-12-14-16-18-20-22-24-26-28-30-32-34-36-38(4,7-3)37-35-33-31-29-27-25-23-21-19-17-15-13-11-9-6-2/h7H,3,5-6,8-35H2,1-2,4H3. The lowest BCUT2D eigenvalue weighted by atomic mass is 10.0. The summed E-state index contributed by atoms with van der Waals surface area (Å²) in [5, 5.41) is 0. The lowest BCUT2D eigenvalue weighted by molar-refractivity contribution is 0.177. The molecule has 2 nitrogen and oxygen atoms in total. The number of rotatable bonds is 33. The average Bonchev–Trinajstić information content (AvgIpc) is 2.93. The molecule has 0 N–H and O–H groups in total. The van der Waals surface area contributed by atoms with E-state index in [2.05, 4.69) is 27.0 Å². The maximum atomic E-state index is 6.20. The number of unbranched alkanes of at least 4 members (excludes halogenated alkanes) is 26. The van der Waals surface area contributed by atoms with Crippen LogP contribution in [-0.4, -0.2) is 21.8 Å². The third-order valence-corrected chi connectivity index (χ3v) is 10.4. The Hall–Kier alpha value is -0.123. The van der Waals surface area contributed by atoms with E-state index in [1.165, 1.54) is 167 Å². The predicted octanol–water partition coefficient (Wildman–Crippen LogP) is 12.8. The van der Waals surface area contributed by atoms with Crippen molar-refractivity contribution >= 4 is 8.56 Å². The maximum Gasteiger partial charge on any atom is 0.361 e. The first-order valence-electron chi connectivity index (χ1n) is 17.6. The Morgan fingerprint density at radius 1 is 0.395 bits per heavy atom. The quantitative estimate of drug-likeness (QED) is 0.0595. The minimum atomic E-state index is -2.17. The van der Waals surface area contributed by atoms with E-state index in [1.54, 1.807) is 0 Å². The molecule has 0 amide bonds. The lowest BCUT2D eigenvalue weighted by Crippen LogP contribution is -2.37. The minimum absolute atomic E-state index is 0.839. The van der Waals surface area contributed by atoms with Crippen molar-refractivity contribution in [2.45, 2.75) is 200 Å². The van der Waals surface area contributed by atoms with E-state index in [4.69, 9.17) is 8.85 Å². The molecule has 228 valence electrons. The second-order valence-electron chi connectivity index (χ2n) is 12.1. The van der Waals surface area contributed by atoms with Crippen molar-refractivity contribution in [1.82, 2.24) is 0 Å². The molecule has 0 aliphatic heterocycles. The van der Waals surface area contributed by atoms with Gasteiger partial charge < -0.3 is 8.85 Å². The number of hydrogen-bond donors (Lipinski definition) is 0. The normalized spacial score (nSPS) is 11.9. The molecule has 0 atom stereocenters. The molecule has 0 heterocycles. The van der Waals surface area contributed by atoms with Crippen molar-refractivity contribution in [3.63, 3.8) is 0 Å². The van der Waals surface area contributed by atoms with Gasteiger partial charge >= 0.3 is 8.56 Å². The first-order valence-corrected chi connectivity index (χ1v) is 20.0. The van der Waals surface area contributed by atoms with Gasteiger partial charge in [0, 0.05) is 13.2 Å². The molecule has 0 saturated carbocycles. The second-order valence-corrected chi connectivity index (χ2v) is 15.1. The van der Waals surface area contributed by atoms with Crippen LogP contribution in [0.15, 0.2) is 12.3 Å². The highest BCUT2D eigenvalue weighted by molar-refractivity contribution is 6.71. The van der Waals surface area contributed by atoms with Gasteiger partial charge in [0.1, 0.15) is 0 Å². The largest absolute Gasteiger partial charge is 0.391 e. The Balaban J connectivity index is 3.40. The van der Waals surface area contributed by atoms with Crippen molar-refractivity contribution in [3.8, 4) is 0 Å². The Kier molecular flexibility index (Phi) is 31.3. The summed E-state index contributed by atoms with van der Waals surface area (Å²) in [7, 11) is -2.17. The van der Waals surface area contributed by atoms with E-state index in [-0.39, 0.29) is 0 Å². The first kappa shape index (κ1) is 37.9. The second kappa shape index (κ2) is 31.4. The van der Waals surface area contributed by atoms with E-state index in [1.807, 2.05) is 5.70 Å². The van der Waals surface area contributed by atoms with Crippen LogP contribution in [0, 0.1) is 0 Å². The zero-order valence-corrected chi connectivity index (χ0v) is 27.8. The molecule has 0 rings (SSSR count). The van der Waals surface area contributed by atoms with Gasteiger partial charge in [0.15, 0.2) is 0 Å². The van der Waals surface area contributed by atoms with Crippen LogP contribution >= 0.6 is 0 Å². The summed E-state index contributed by atoms with van der Waals surface area (Å²) >= 11 is 0. The zero-order valence-electron chi connectivity index (χ0n) is 26.8. The van der Waals surface area contributed by atoms with Crippen LogP contribution in [0.4, 0.5) is 0 Å². The highest BCUT2D eigenvalue weighted by Crippen LogP contribution is 2.16. The smallest absolute Gasteiger partial charge is 0.361 e. The molecule has 0 aliphatic rings. The van der Waals surface area contributed by atoms with Gasteiger partial charge in [-0.05, 0) is 25.1 Å². The zero-order chi connectivity index (χ0) is 27.8. The fourth-order valence-electron chi connectivity index (χ4n) is 5.30. The van der Waals surface area contributed by atoms with Gasteiger partial charge in [0.25, 0.3) is 0 Å². The van der Waals surface area contributed by atoms with E-state index in [9.17, 15) is 0 Å². The minimum Gasteiger partial charge on any atom is -0.391 e. The summed E-state index contributed by atoms with van der Waals surface area (Å²) < 4.78 is 12.4. The molecule has 0 radical (unpaired) electrons. The van der Waals surface area contributed by atoms with Gasteiger partial charge in [-0.3, -0.25) is 0 Å². The van der Waals surface area contributed by atoms with Gasteiger partial charge in [-0.25, -0.2) is 0 Å². The van der Waals surface area contributed by atoms with Gasteiger partial charge in [0.2, 0.25) is 0 Å². The fraction of sp³-hybridized carbons (Fsp3) is 0.943. The highest BCUT2D eigenvalue weighted by atomic mass is 28.4. The Morgan fingerprint density at radius 3 is 0.816 bits per heavy atom. The van der Waals surface area contributed by atoms with Crippen LogP contribution < -0.4 is 0 Å². The van der Waals surface area contributed by atoms with E-state index >= 15 is 0 Å². The molecule has 38 heavy (non-hydrogen) atoms. The number of hydrogen-bond acceptors (Lipinski definition) is 2. The van der Waals surface area contributed by atoms with Crippen LogP contribution in [0.2, 0.25) is 6.55 Å². The van der Waals surface area contributed by atoms with Crippen LogP contribution in [-0.2, 0) is 8.85 Å². The molecule has 0 aromatic rings. The van der Waals surface area contributed by atoms with E-state index in [0.717, 1.165) is 26.1 Å². The van der Waals surface area contributed by atoms with Crippen LogP contribution in [0.5, 0.6) is 0 Å². The van der Waals surface area contributed by atoms with Crippen molar-refractivity contribution in [1.29, 1.82) is 0 Å². The summed E-state index contributed by atoms with van der Waals surface area (Å²) in [6.07, 6.45) is 39.0. The summed E-state index contributed by atoms with van der Waals surface area (Å²) in [4.78, 5) is 0. The molecule has 0 aliphatic carbocycles. The summed E-state index contributed by atoms with van der Waals surface area (Å²) in [5.74, 6) is 0. The van der Waals surface area contributed by atoms with E-state index < -0.39 is 8.56 Å². The molecule has 0 saturated heterocycles. The summed E-state index contributed by atoms with van der Waals surface area (Å²) in [6.45, 7) is 12.5. The Morgan fingerprint density at radius 2 is 0.605 bits per heavy atom. The van der Waals surface area contributed by atoms with Crippen LogP contribution in [0.1, 0.15) is 194 Å². The molecular weight excluding hydrogens is 480 g/mol. The average molecular weight is 553 g/mol. The van der Waals surface area contributed by atoms with Crippen molar-refractivity contribution in [3.05, 3.63) is 12.3 Å². The maximum absolute atomic E-state index is 6.20. The Labute approximate surface area is 242 Å².